The first-order chi connectivity index (χ1) is 14.2. The lowest BCUT2D eigenvalue weighted by molar-refractivity contribution is -0.151. The Bertz CT molecular complexity index is 851. The number of aromatic nitrogens is 2. The van der Waals surface area contributed by atoms with Gasteiger partial charge in [-0.3, -0.25) is 4.79 Å². The summed E-state index contributed by atoms with van der Waals surface area (Å²) in [6, 6.07) is 8.08. The highest BCUT2D eigenvalue weighted by Crippen LogP contribution is 2.43. The molecule has 2 aromatic rings. The first-order valence-corrected chi connectivity index (χ1v) is 10.7. The van der Waals surface area contributed by atoms with Crippen LogP contribution < -0.4 is 0 Å². The summed E-state index contributed by atoms with van der Waals surface area (Å²) in [5.41, 5.74) is 1.76. The summed E-state index contributed by atoms with van der Waals surface area (Å²) in [7, 11) is 0. The van der Waals surface area contributed by atoms with Crippen LogP contribution in [0.15, 0.2) is 30.6 Å². The molecule has 1 atom stereocenters. The highest BCUT2D eigenvalue weighted by atomic mass is 16.6. The fourth-order valence-electron chi connectivity index (χ4n) is 5.02. The van der Waals surface area contributed by atoms with Gasteiger partial charge in [-0.1, -0.05) is 12.1 Å². The van der Waals surface area contributed by atoms with E-state index in [2.05, 4.69) is 20.5 Å². The van der Waals surface area contributed by atoms with Crippen molar-refractivity contribution < 1.29 is 19.0 Å². The Hall–Kier alpha value is -1.96. The van der Waals surface area contributed by atoms with Crippen molar-refractivity contribution in [2.45, 2.75) is 31.9 Å². The number of benzene rings is 1. The van der Waals surface area contributed by atoms with E-state index in [4.69, 9.17) is 14.2 Å². The molecular formula is C22H29N3O4. The third-order valence-corrected chi connectivity index (χ3v) is 6.66. The van der Waals surface area contributed by atoms with Gasteiger partial charge < -0.3 is 23.7 Å². The van der Waals surface area contributed by atoms with E-state index < -0.39 is 0 Å². The summed E-state index contributed by atoms with van der Waals surface area (Å²) >= 11 is 0. The van der Waals surface area contributed by atoms with Crippen LogP contribution in [0.3, 0.4) is 0 Å². The second-order valence-electron chi connectivity index (χ2n) is 8.71. The molecule has 29 heavy (non-hydrogen) atoms. The molecule has 5 rings (SSSR count). The van der Waals surface area contributed by atoms with Gasteiger partial charge in [0.25, 0.3) is 0 Å². The quantitative estimate of drug-likeness (QED) is 0.734. The monoisotopic (exact) mass is 399 g/mol. The molecule has 0 radical (unpaired) electrons. The van der Waals surface area contributed by atoms with Crippen molar-refractivity contribution in [1.29, 1.82) is 0 Å². The molecule has 1 unspecified atom stereocenters. The smallest absolute Gasteiger partial charge is 0.312 e. The van der Waals surface area contributed by atoms with E-state index in [0.29, 0.717) is 25.7 Å². The molecule has 7 nitrogen and oxygen atoms in total. The lowest BCUT2D eigenvalue weighted by atomic mass is 9.76. The molecule has 3 aliphatic rings. The normalized spacial score (nSPS) is 26.1. The Morgan fingerprint density at radius 1 is 1.07 bits per heavy atom. The molecule has 3 saturated heterocycles. The van der Waals surface area contributed by atoms with Crippen molar-refractivity contribution >= 4 is 17.0 Å². The molecule has 156 valence electrons. The maximum absolute atomic E-state index is 12.8. The van der Waals surface area contributed by atoms with Crippen LogP contribution in [-0.4, -0.2) is 72.6 Å². The predicted octanol–water partition coefficient (Wildman–Crippen LogP) is 2.10. The van der Waals surface area contributed by atoms with Gasteiger partial charge in [0.05, 0.1) is 55.7 Å². The zero-order valence-electron chi connectivity index (χ0n) is 16.8. The number of fused-ring (bicyclic) bond motifs is 1. The van der Waals surface area contributed by atoms with Gasteiger partial charge in [-0.05, 0) is 38.1 Å². The summed E-state index contributed by atoms with van der Waals surface area (Å²) in [4.78, 5) is 19.7. The molecule has 4 heterocycles. The molecule has 0 saturated carbocycles. The van der Waals surface area contributed by atoms with Crippen LogP contribution in [0.2, 0.25) is 0 Å². The Morgan fingerprint density at radius 3 is 2.62 bits per heavy atom. The van der Waals surface area contributed by atoms with Crippen LogP contribution in [0.1, 0.15) is 19.3 Å². The average molecular weight is 399 g/mol. The van der Waals surface area contributed by atoms with Crippen molar-refractivity contribution in [3.8, 4) is 0 Å². The van der Waals surface area contributed by atoms with Gasteiger partial charge in [-0.2, -0.15) is 0 Å². The minimum absolute atomic E-state index is 0.00676. The molecule has 1 aromatic carbocycles. The summed E-state index contributed by atoms with van der Waals surface area (Å²) in [5, 5.41) is 0. The number of hydrogen-bond donors (Lipinski definition) is 0. The van der Waals surface area contributed by atoms with Crippen molar-refractivity contribution in [3.05, 3.63) is 30.6 Å². The van der Waals surface area contributed by atoms with E-state index in [9.17, 15) is 4.79 Å². The molecule has 0 N–H and O–H groups in total. The van der Waals surface area contributed by atoms with Gasteiger partial charge in [-0.15, -0.1) is 0 Å². The zero-order chi connectivity index (χ0) is 19.7. The van der Waals surface area contributed by atoms with E-state index in [1.54, 1.807) is 0 Å². The van der Waals surface area contributed by atoms with Crippen molar-refractivity contribution in [2.24, 2.45) is 11.3 Å². The van der Waals surface area contributed by atoms with E-state index in [-0.39, 0.29) is 17.5 Å². The number of ether oxygens (including phenoxy) is 3. The molecule has 0 aliphatic carbocycles. The standard InChI is InChI=1S/C22H29N3O4/c26-21-22(5-7-24(8-6-22)12-17-14-27-9-10-28-15-17)11-18(29-21)13-25-16-23-19-3-1-2-4-20(19)25/h1-4,16-18H,5-15H2. The fraction of sp³-hybridized carbons (Fsp3) is 0.636. The average Bonchev–Trinajstić information content (AvgIpc) is 3.14. The van der Waals surface area contributed by atoms with E-state index >= 15 is 0 Å². The molecule has 1 aromatic heterocycles. The van der Waals surface area contributed by atoms with Gasteiger partial charge in [-0.25, -0.2) is 4.98 Å². The van der Waals surface area contributed by atoms with Gasteiger partial charge in [0.2, 0.25) is 0 Å². The number of carbonyl (C=O) groups is 1. The number of nitrogens with zero attached hydrogens (tertiary/aromatic N) is 3. The van der Waals surface area contributed by atoms with Crippen LogP contribution in [0.5, 0.6) is 0 Å². The number of cyclic esters (lactones) is 1. The van der Waals surface area contributed by atoms with E-state index in [1.165, 1.54) is 0 Å². The number of piperidine rings is 1. The highest BCUT2D eigenvalue weighted by Gasteiger charge is 2.50. The zero-order valence-corrected chi connectivity index (χ0v) is 16.8. The maximum Gasteiger partial charge on any atom is 0.312 e. The van der Waals surface area contributed by atoms with Crippen molar-refractivity contribution in [1.82, 2.24) is 14.5 Å². The molecule has 7 heteroatoms. The number of para-hydroxylation sites is 2. The van der Waals surface area contributed by atoms with Crippen LogP contribution >= 0.6 is 0 Å². The molecule has 3 aliphatic heterocycles. The second-order valence-corrected chi connectivity index (χ2v) is 8.71. The number of esters is 1. The second kappa shape index (κ2) is 8.05. The summed E-state index contributed by atoms with van der Waals surface area (Å²) in [6.07, 6.45) is 4.34. The van der Waals surface area contributed by atoms with E-state index in [1.807, 2.05) is 24.5 Å². The minimum atomic E-state index is -0.312. The lowest BCUT2D eigenvalue weighted by Gasteiger charge is -2.37. The molecule has 0 amide bonds. The van der Waals surface area contributed by atoms with Gasteiger partial charge in [0.15, 0.2) is 0 Å². The van der Waals surface area contributed by atoms with Crippen molar-refractivity contribution in [2.75, 3.05) is 46.1 Å². The number of likely N-dealkylation sites (tertiary alicyclic amines) is 1. The molecule has 1 spiro atoms. The predicted molar refractivity (Wildman–Crippen MR) is 107 cm³/mol. The third-order valence-electron chi connectivity index (χ3n) is 6.66. The van der Waals surface area contributed by atoms with Crippen molar-refractivity contribution in [3.63, 3.8) is 0 Å². The Morgan fingerprint density at radius 2 is 1.83 bits per heavy atom. The summed E-state index contributed by atoms with van der Waals surface area (Å²) < 4.78 is 19.2. The molecule has 0 bridgehead atoms. The lowest BCUT2D eigenvalue weighted by Crippen LogP contribution is -2.45. The SMILES string of the molecule is O=C1OC(Cn2cnc3ccccc32)CC12CCN(CC1COCCOC1)CC2. The Labute approximate surface area is 170 Å². The number of imidazole rings is 1. The molecular weight excluding hydrogens is 370 g/mol. The van der Waals surface area contributed by atoms with Crippen LogP contribution in [0.25, 0.3) is 11.0 Å². The van der Waals surface area contributed by atoms with Gasteiger partial charge in [0, 0.05) is 18.9 Å². The Kier molecular flexibility index (Phi) is 5.28. The number of hydrogen-bond acceptors (Lipinski definition) is 6. The molecule has 3 fully saturated rings. The minimum Gasteiger partial charge on any atom is -0.460 e. The van der Waals surface area contributed by atoms with Gasteiger partial charge in [0.1, 0.15) is 6.10 Å². The number of carbonyl (C=O) groups excluding carboxylic acids is 1. The van der Waals surface area contributed by atoms with Crippen LogP contribution in [0, 0.1) is 11.3 Å². The maximum atomic E-state index is 12.8. The van der Waals surface area contributed by atoms with Crippen LogP contribution in [-0.2, 0) is 25.5 Å². The summed E-state index contributed by atoms with van der Waals surface area (Å²) in [6.45, 7) is 6.45. The van der Waals surface area contributed by atoms with Crippen LogP contribution in [0.4, 0.5) is 0 Å². The topological polar surface area (TPSA) is 65.8 Å². The first kappa shape index (κ1) is 19.0. The highest BCUT2D eigenvalue weighted by molar-refractivity contribution is 5.79. The Balaban J connectivity index is 1.18. The fourth-order valence-corrected chi connectivity index (χ4v) is 5.02. The van der Waals surface area contributed by atoms with E-state index in [0.717, 1.165) is 63.1 Å². The largest absolute Gasteiger partial charge is 0.460 e. The third kappa shape index (κ3) is 3.91. The number of rotatable bonds is 4. The van der Waals surface area contributed by atoms with Gasteiger partial charge >= 0.3 is 5.97 Å². The summed E-state index contributed by atoms with van der Waals surface area (Å²) in [5.74, 6) is 0.414. The first-order valence-electron chi connectivity index (χ1n) is 10.7.